The Morgan fingerprint density at radius 3 is 2.18 bits per heavy atom. The van der Waals surface area contributed by atoms with Crippen LogP contribution in [0.5, 0.6) is 0 Å². The van der Waals surface area contributed by atoms with E-state index in [2.05, 4.69) is 33.9 Å². The van der Waals surface area contributed by atoms with Crippen molar-refractivity contribution in [3.05, 3.63) is 11.1 Å². The van der Waals surface area contributed by atoms with Crippen molar-refractivity contribution in [1.82, 2.24) is 0 Å². The molecule has 0 unspecified atom stereocenters. The number of ether oxygens (including phenoxy) is 1. The van der Waals surface area contributed by atoms with Gasteiger partial charge in [0.25, 0.3) is 0 Å². The van der Waals surface area contributed by atoms with Crippen LogP contribution in [0.25, 0.3) is 0 Å². The summed E-state index contributed by atoms with van der Waals surface area (Å²) in [6.45, 7) is 15.3. The van der Waals surface area contributed by atoms with Crippen molar-refractivity contribution in [2.45, 2.75) is 65.6 Å². The fourth-order valence-corrected chi connectivity index (χ4v) is 3.19. The third-order valence-electron chi connectivity index (χ3n) is 4.97. The fraction of sp³-hybridized carbons (Fsp3) is 0.765. The molecule has 0 saturated heterocycles. The van der Waals surface area contributed by atoms with Crippen LogP contribution in [0.3, 0.4) is 0 Å². The van der Waals surface area contributed by atoms with E-state index in [1.807, 2.05) is 6.92 Å². The molecule has 4 nitrogen and oxygen atoms in total. The molecule has 0 amide bonds. The minimum atomic E-state index is -1.87. The number of carbonyl (C=O) groups is 2. The summed E-state index contributed by atoms with van der Waals surface area (Å²) in [4.78, 5) is 23.7. The van der Waals surface area contributed by atoms with E-state index in [0.29, 0.717) is 31.6 Å². The van der Waals surface area contributed by atoms with Gasteiger partial charge in [-0.25, -0.2) is 0 Å². The van der Waals surface area contributed by atoms with Crippen LogP contribution in [0.4, 0.5) is 0 Å². The summed E-state index contributed by atoms with van der Waals surface area (Å²) in [5, 5.41) is 0.118. The molecule has 0 aromatic heterocycles. The Kier molecular flexibility index (Phi) is 5.79. The van der Waals surface area contributed by atoms with Crippen molar-refractivity contribution in [3.63, 3.8) is 0 Å². The van der Waals surface area contributed by atoms with E-state index in [1.54, 1.807) is 6.92 Å². The molecule has 126 valence electrons. The van der Waals surface area contributed by atoms with E-state index < -0.39 is 13.7 Å². The Morgan fingerprint density at radius 2 is 1.82 bits per heavy atom. The van der Waals surface area contributed by atoms with Crippen molar-refractivity contribution in [2.75, 3.05) is 13.2 Å². The summed E-state index contributed by atoms with van der Waals surface area (Å²) in [6.07, 6.45) is 2.20. The Balaban J connectivity index is 2.91. The molecule has 0 bridgehead atoms. The maximum atomic E-state index is 12.1. The zero-order chi connectivity index (χ0) is 17.2. The minimum absolute atomic E-state index is 0.118. The van der Waals surface area contributed by atoms with Gasteiger partial charge in [0.15, 0.2) is 8.32 Å². The molecule has 0 radical (unpaired) electrons. The van der Waals surface area contributed by atoms with E-state index >= 15 is 0 Å². The van der Waals surface area contributed by atoms with E-state index in [-0.39, 0.29) is 11.0 Å². The Bertz CT molecular complexity index is 468. The second-order valence-electron chi connectivity index (χ2n) is 7.66. The van der Waals surface area contributed by atoms with Gasteiger partial charge in [-0.2, -0.15) is 0 Å². The van der Waals surface area contributed by atoms with Gasteiger partial charge in [0.1, 0.15) is 6.29 Å². The van der Waals surface area contributed by atoms with Crippen molar-refractivity contribution in [2.24, 2.45) is 5.41 Å². The molecule has 22 heavy (non-hydrogen) atoms. The van der Waals surface area contributed by atoms with Gasteiger partial charge in [-0.1, -0.05) is 20.8 Å². The van der Waals surface area contributed by atoms with Gasteiger partial charge in [0, 0.05) is 5.57 Å². The molecule has 0 N–H and O–H groups in total. The molecule has 0 spiro atoms. The maximum absolute atomic E-state index is 12.1. The molecule has 0 aliphatic heterocycles. The van der Waals surface area contributed by atoms with E-state index in [1.165, 1.54) is 0 Å². The lowest BCUT2D eigenvalue weighted by Gasteiger charge is -2.36. The van der Waals surface area contributed by atoms with Crippen LogP contribution >= 0.6 is 0 Å². The second kappa shape index (κ2) is 6.67. The average molecular weight is 327 g/mol. The zero-order valence-electron chi connectivity index (χ0n) is 15.0. The van der Waals surface area contributed by atoms with Crippen molar-refractivity contribution < 1.29 is 18.8 Å². The number of carbonyl (C=O) groups excluding carboxylic acids is 2. The first-order valence-electron chi connectivity index (χ1n) is 7.98. The summed E-state index contributed by atoms with van der Waals surface area (Å²) < 4.78 is 11.3. The van der Waals surface area contributed by atoms with Gasteiger partial charge < -0.3 is 9.16 Å². The third-order valence-corrected chi connectivity index (χ3v) is 9.44. The van der Waals surface area contributed by atoms with Crippen LogP contribution in [0.2, 0.25) is 18.1 Å². The van der Waals surface area contributed by atoms with Gasteiger partial charge in [0.05, 0.1) is 18.6 Å². The summed E-state index contributed by atoms with van der Waals surface area (Å²) in [6, 6.07) is 0. The Hall–Kier alpha value is -0.943. The number of hydrogen-bond donors (Lipinski definition) is 0. The molecule has 1 rings (SSSR count). The first kappa shape index (κ1) is 19.1. The lowest BCUT2D eigenvalue weighted by molar-refractivity contribution is -0.148. The predicted molar refractivity (Wildman–Crippen MR) is 90.2 cm³/mol. The molecular formula is C17H30O4Si. The fourth-order valence-electron chi connectivity index (χ4n) is 2.18. The molecule has 5 heteroatoms. The highest BCUT2D eigenvalue weighted by Crippen LogP contribution is 2.53. The van der Waals surface area contributed by atoms with Crippen LogP contribution in [-0.2, 0) is 18.8 Å². The van der Waals surface area contributed by atoms with Gasteiger partial charge in [-0.15, -0.1) is 0 Å². The number of rotatable bonds is 7. The quantitative estimate of drug-likeness (QED) is 0.308. The smallest absolute Gasteiger partial charge is 0.316 e. The summed E-state index contributed by atoms with van der Waals surface area (Å²) in [5.74, 6) is -0.274. The highest BCUT2D eigenvalue weighted by Gasteiger charge is 2.55. The van der Waals surface area contributed by atoms with Gasteiger partial charge in [-0.3, -0.25) is 9.59 Å². The average Bonchev–Trinajstić information content (AvgIpc) is 3.18. The largest absolute Gasteiger partial charge is 0.465 e. The highest BCUT2D eigenvalue weighted by molar-refractivity contribution is 6.74. The van der Waals surface area contributed by atoms with Crippen molar-refractivity contribution in [3.8, 4) is 0 Å². The van der Waals surface area contributed by atoms with E-state index in [0.717, 1.165) is 11.9 Å². The monoisotopic (exact) mass is 326 g/mol. The van der Waals surface area contributed by atoms with E-state index in [9.17, 15) is 9.59 Å². The molecule has 0 aromatic rings. The lowest BCUT2D eigenvalue weighted by Crippen LogP contribution is -2.41. The molecule has 1 saturated carbocycles. The van der Waals surface area contributed by atoms with Gasteiger partial charge in [-0.05, 0) is 50.4 Å². The van der Waals surface area contributed by atoms with Crippen LogP contribution in [-0.4, -0.2) is 33.8 Å². The second-order valence-corrected chi connectivity index (χ2v) is 12.5. The molecule has 0 heterocycles. The standard InChI is InChI=1S/C17H30O4Si/c1-8-20-15(19)17(9-10-17)14(11-18)13(2)12-21-22(6,7)16(3,4)5/h11H,8-10,12H2,1-7H3/b14-13-. The van der Waals surface area contributed by atoms with Crippen LogP contribution < -0.4 is 0 Å². The van der Waals surface area contributed by atoms with Crippen LogP contribution in [0.15, 0.2) is 11.1 Å². The first-order valence-corrected chi connectivity index (χ1v) is 10.9. The Labute approximate surface area is 135 Å². The summed E-state index contributed by atoms with van der Waals surface area (Å²) >= 11 is 0. The molecule has 1 fully saturated rings. The molecule has 1 aliphatic rings. The van der Waals surface area contributed by atoms with Gasteiger partial charge >= 0.3 is 5.97 Å². The molecular weight excluding hydrogens is 296 g/mol. The normalized spacial score (nSPS) is 18.5. The Morgan fingerprint density at radius 1 is 1.27 bits per heavy atom. The van der Waals surface area contributed by atoms with E-state index in [4.69, 9.17) is 9.16 Å². The highest BCUT2D eigenvalue weighted by atomic mass is 28.4. The first-order chi connectivity index (χ1) is 10.0. The predicted octanol–water partition coefficient (Wildman–Crippen LogP) is 3.87. The van der Waals surface area contributed by atoms with Crippen LogP contribution in [0, 0.1) is 5.41 Å². The molecule has 0 atom stereocenters. The van der Waals surface area contributed by atoms with Crippen LogP contribution in [0.1, 0.15) is 47.5 Å². The maximum Gasteiger partial charge on any atom is 0.316 e. The molecule has 0 aromatic carbocycles. The summed E-state index contributed by atoms with van der Waals surface area (Å²) in [7, 11) is -1.87. The third kappa shape index (κ3) is 3.87. The number of hydrogen-bond acceptors (Lipinski definition) is 4. The minimum Gasteiger partial charge on any atom is -0.465 e. The molecule has 1 aliphatic carbocycles. The van der Waals surface area contributed by atoms with Crippen molar-refractivity contribution in [1.29, 1.82) is 0 Å². The van der Waals surface area contributed by atoms with Crippen molar-refractivity contribution >= 4 is 20.6 Å². The summed E-state index contributed by atoms with van der Waals surface area (Å²) in [5.41, 5.74) is 0.702. The number of aldehydes is 1. The lowest BCUT2D eigenvalue weighted by atomic mass is 9.93. The number of esters is 1. The zero-order valence-corrected chi connectivity index (χ0v) is 16.0. The van der Waals surface area contributed by atoms with Gasteiger partial charge in [0.2, 0.25) is 0 Å². The topological polar surface area (TPSA) is 52.6 Å². The SMILES string of the molecule is CCOC(=O)C1(/C(C=O)=C(/C)CO[Si](C)(C)C(C)(C)C)CC1.